The molecule has 2 rings (SSSR count). The molecule has 0 fully saturated rings. The van der Waals surface area contributed by atoms with Crippen molar-refractivity contribution in [2.24, 2.45) is 5.92 Å². The molecule has 0 aliphatic heterocycles. The maximum atomic E-state index is 13.4. The van der Waals surface area contributed by atoms with E-state index >= 15 is 0 Å². The number of aliphatic carboxylic acids is 3. The Balaban J connectivity index is 2.03. The Hall–Kier alpha value is -4.51. The monoisotopic (exact) mass is 681 g/mol. The average Bonchev–Trinajstić information content (AvgIpc) is 3.07. The second-order valence-corrected chi connectivity index (χ2v) is 12.4. The van der Waals surface area contributed by atoms with Gasteiger partial charge in [-0.05, 0) is 54.5 Å². The van der Waals surface area contributed by atoms with Crippen LogP contribution >= 0.6 is 0 Å². The summed E-state index contributed by atoms with van der Waals surface area (Å²) in [6.07, 6.45) is 11.3. The van der Waals surface area contributed by atoms with Gasteiger partial charge in [0.2, 0.25) is 5.91 Å². The molecular weight excluding hydrogens is 630 g/mol. The lowest BCUT2D eigenvalue weighted by Crippen LogP contribution is -2.55. The summed E-state index contributed by atoms with van der Waals surface area (Å²) in [6, 6.07) is 12.9. The van der Waals surface area contributed by atoms with Gasteiger partial charge >= 0.3 is 17.9 Å². The van der Waals surface area contributed by atoms with E-state index in [0.29, 0.717) is 37.0 Å². The highest BCUT2D eigenvalue weighted by Gasteiger charge is 2.49. The van der Waals surface area contributed by atoms with Crippen molar-refractivity contribution in [3.63, 3.8) is 0 Å². The molecule has 0 unspecified atom stereocenters. The number of carbonyl (C=O) groups excluding carboxylic acids is 2. The fourth-order valence-corrected chi connectivity index (χ4v) is 5.55. The molecule has 11 nitrogen and oxygen atoms in total. The number of methoxy groups -OCH3 is 1. The number of nitrogens with one attached hydrogen (secondary N) is 1. The highest BCUT2D eigenvalue weighted by molar-refractivity contribution is 5.94. The van der Waals surface area contributed by atoms with Gasteiger partial charge in [0.05, 0.1) is 19.4 Å². The molecular formula is C38H51NO10. The average molecular weight is 682 g/mol. The summed E-state index contributed by atoms with van der Waals surface area (Å²) in [4.78, 5) is 61.2. The number of hydrogen-bond donors (Lipinski definition) is 5. The van der Waals surface area contributed by atoms with Gasteiger partial charge in [-0.15, -0.1) is 0 Å². The molecule has 0 aliphatic carbocycles. The van der Waals surface area contributed by atoms with E-state index in [2.05, 4.69) is 12.2 Å². The molecule has 2 aromatic rings. The van der Waals surface area contributed by atoms with Crippen LogP contribution in [0.3, 0.4) is 0 Å². The van der Waals surface area contributed by atoms with E-state index in [1.54, 1.807) is 31.4 Å². The fraction of sp³-hybridized carbons (Fsp3) is 0.500. The maximum Gasteiger partial charge on any atom is 0.337 e. The van der Waals surface area contributed by atoms with Gasteiger partial charge < -0.3 is 30.5 Å². The largest absolute Gasteiger partial charge is 0.497 e. The van der Waals surface area contributed by atoms with Crippen molar-refractivity contribution in [2.45, 2.75) is 108 Å². The molecule has 0 aromatic heterocycles. The van der Waals surface area contributed by atoms with Crippen LogP contribution in [0.4, 0.5) is 0 Å². The van der Waals surface area contributed by atoms with Gasteiger partial charge in [-0.1, -0.05) is 94.0 Å². The standard InChI is InChI=1S/C38H51NO10/c1-3-4-5-8-11-14-30(40)15-12-9-6-7-10-13-16-32(38(48,37(46)47)26-34(41)42)35(43)39-33(36(44)45)25-27-17-19-28(20-18-27)29-21-23-31(49-2)24-22-29/h13,16-24,32-33,48H,3-12,14-15,25-26H2,1-2H3,(H,39,43)(H,41,42)(H,44,45)(H,46,47)/b16-13+/t32-,33-,38-/m0/s1. The Labute approximate surface area is 288 Å². The van der Waals surface area contributed by atoms with Crippen molar-refractivity contribution in [1.29, 1.82) is 0 Å². The number of benzene rings is 2. The lowest BCUT2D eigenvalue weighted by Gasteiger charge is -2.29. The van der Waals surface area contributed by atoms with Crippen LogP contribution in [0.25, 0.3) is 11.1 Å². The number of aliphatic hydroxyl groups is 1. The quantitative estimate of drug-likeness (QED) is 0.0596. The summed E-state index contributed by atoms with van der Waals surface area (Å²) in [5.74, 6) is -6.98. The number of ketones is 1. The fourth-order valence-electron chi connectivity index (χ4n) is 5.55. The van der Waals surface area contributed by atoms with Crippen molar-refractivity contribution in [1.82, 2.24) is 5.32 Å². The molecule has 268 valence electrons. The molecule has 0 saturated carbocycles. The van der Waals surface area contributed by atoms with E-state index in [-0.39, 0.29) is 12.2 Å². The van der Waals surface area contributed by atoms with E-state index in [1.165, 1.54) is 12.5 Å². The van der Waals surface area contributed by atoms with Crippen molar-refractivity contribution in [2.75, 3.05) is 7.11 Å². The number of hydrogen-bond acceptors (Lipinski definition) is 7. The van der Waals surface area contributed by atoms with Gasteiger partial charge in [0.15, 0.2) is 5.60 Å². The molecule has 5 N–H and O–H groups in total. The minimum atomic E-state index is -3.02. The number of unbranched alkanes of at least 4 members (excludes halogenated alkanes) is 8. The Kier molecular flexibility index (Phi) is 17.8. The second-order valence-electron chi connectivity index (χ2n) is 12.4. The summed E-state index contributed by atoms with van der Waals surface area (Å²) < 4.78 is 5.18. The first-order valence-corrected chi connectivity index (χ1v) is 17.0. The van der Waals surface area contributed by atoms with E-state index in [4.69, 9.17) is 4.74 Å². The smallest absolute Gasteiger partial charge is 0.337 e. The number of allylic oxidation sites excluding steroid dienone is 1. The first-order valence-electron chi connectivity index (χ1n) is 17.0. The number of Topliss-reactive ketones (excluding diaryl/α,β-unsaturated/α-hetero) is 1. The maximum absolute atomic E-state index is 13.4. The number of rotatable bonds is 25. The summed E-state index contributed by atoms with van der Waals surface area (Å²) in [5, 5.41) is 42.3. The zero-order valence-corrected chi connectivity index (χ0v) is 28.6. The first kappa shape index (κ1) is 40.7. The molecule has 49 heavy (non-hydrogen) atoms. The SMILES string of the molecule is CCCCCCCC(=O)CCCCCC/C=C/[C@@H](C(=O)N[C@@H](Cc1ccc(-c2ccc(OC)cc2)cc1)C(=O)O)[C@@](O)(CC(=O)O)C(=O)O. The number of carboxylic acids is 3. The molecule has 11 heteroatoms. The van der Waals surface area contributed by atoms with Gasteiger partial charge in [0.1, 0.15) is 17.6 Å². The molecule has 3 atom stereocenters. The molecule has 0 heterocycles. The Morgan fingerprint density at radius 3 is 1.86 bits per heavy atom. The van der Waals surface area contributed by atoms with E-state index < -0.39 is 47.8 Å². The predicted octanol–water partition coefficient (Wildman–Crippen LogP) is 6.21. The zero-order chi connectivity index (χ0) is 36.2. The molecule has 0 radical (unpaired) electrons. The van der Waals surface area contributed by atoms with Gasteiger partial charge in [-0.2, -0.15) is 0 Å². The van der Waals surface area contributed by atoms with Crippen LogP contribution in [0.5, 0.6) is 5.75 Å². The topological polar surface area (TPSA) is 188 Å². The summed E-state index contributed by atoms with van der Waals surface area (Å²) in [5.41, 5.74) is -0.666. The van der Waals surface area contributed by atoms with Crippen LogP contribution in [0.1, 0.15) is 96.0 Å². The van der Waals surface area contributed by atoms with Crippen molar-refractivity contribution < 1.29 is 49.1 Å². The Morgan fingerprint density at radius 1 is 0.796 bits per heavy atom. The van der Waals surface area contributed by atoms with Crippen LogP contribution in [0, 0.1) is 5.92 Å². The number of carbonyl (C=O) groups is 5. The number of amides is 1. The van der Waals surface area contributed by atoms with Crippen molar-refractivity contribution in [3.8, 4) is 16.9 Å². The molecule has 0 saturated heterocycles. The van der Waals surface area contributed by atoms with Gasteiger partial charge in [-0.25, -0.2) is 9.59 Å². The summed E-state index contributed by atoms with van der Waals surface area (Å²) in [6.45, 7) is 2.15. The first-order chi connectivity index (χ1) is 23.4. The number of carboxylic acid groups (broad SMARTS) is 3. The van der Waals surface area contributed by atoms with Crippen molar-refractivity contribution >= 4 is 29.6 Å². The minimum Gasteiger partial charge on any atom is -0.497 e. The predicted molar refractivity (Wildman–Crippen MR) is 185 cm³/mol. The van der Waals surface area contributed by atoms with E-state index in [9.17, 15) is 44.4 Å². The summed E-state index contributed by atoms with van der Waals surface area (Å²) in [7, 11) is 1.57. The van der Waals surface area contributed by atoms with E-state index in [1.807, 2.05) is 24.3 Å². The highest BCUT2D eigenvalue weighted by Crippen LogP contribution is 2.26. The van der Waals surface area contributed by atoms with Crippen molar-refractivity contribution in [3.05, 3.63) is 66.2 Å². The normalized spacial score (nSPS) is 13.7. The third kappa shape index (κ3) is 14.2. The third-order valence-corrected chi connectivity index (χ3v) is 8.48. The minimum absolute atomic E-state index is 0.147. The van der Waals surface area contributed by atoms with Gasteiger partial charge in [0.25, 0.3) is 0 Å². The Morgan fingerprint density at radius 2 is 1.35 bits per heavy atom. The summed E-state index contributed by atoms with van der Waals surface area (Å²) >= 11 is 0. The van der Waals surface area contributed by atoms with Gasteiger partial charge in [-0.3, -0.25) is 14.4 Å². The molecule has 0 aliphatic rings. The molecule has 1 amide bonds. The van der Waals surface area contributed by atoms with Crippen LogP contribution in [-0.2, 0) is 30.4 Å². The van der Waals surface area contributed by atoms with Gasteiger partial charge in [0, 0.05) is 19.3 Å². The molecule has 0 bridgehead atoms. The highest BCUT2D eigenvalue weighted by atomic mass is 16.5. The molecule has 0 spiro atoms. The van der Waals surface area contributed by atoms with Crippen LogP contribution in [0.15, 0.2) is 60.7 Å². The Bertz CT molecular complexity index is 1390. The zero-order valence-electron chi connectivity index (χ0n) is 28.6. The lowest BCUT2D eigenvalue weighted by molar-refractivity contribution is -0.172. The van der Waals surface area contributed by atoms with Crippen LogP contribution in [0.2, 0.25) is 0 Å². The molecule has 2 aromatic carbocycles. The van der Waals surface area contributed by atoms with Crippen LogP contribution < -0.4 is 10.1 Å². The second kappa shape index (κ2) is 21.5. The number of ether oxygens (including phenoxy) is 1. The lowest BCUT2D eigenvalue weighted by atomic mass is 9.82. The third-order valence-electron chi connectivity index (χ3n) is 8.48. The van der Waals surface area contributed by atoms with Crippen LogP contribution in [-0.4, -0.2) is 68.8 Å². The van der Waals surface area contributed by atoms with E-state index in [0.717, 1.165) is 62.1 Å².